The zero-order valence-electron chi connectivity index (χ0n) is 14.3. The summed E-state index contributed by atoms with van der Waals surface area (Å²) < 4.78 is 16.7. The van der Waals surface area contributed by atoms with Crippen molar-refractivity contribution in [1.82, 2.24) is 10.2 Å². The first-order chi connectivity index (χ1) is 13.6. The predicted molar refractivity (Wildman–Crippen MR) is 107 cm³/mol. The topological polar surface area (TPSA) is 86.5 Å². The second-order valence-electron chi connectivity index (χ2n) is 5.70. The SMILES string of the molecule is O=C(CSc1nnc(-c2ccc3c(c2)OCCO3)o1)Nc1ccc(Cl)c(Cl)c1. The molecule has 0 radical (unpaired) electrons. The number of ether oxygens (including phenoxy) is 2. The van der Waals surface area contributed by atoms with Gasteiger partial charge >= 0.3 is 0 Å². The number of amides is 1. The summed E-state index contributed by atoms with van der Waals surface area (Å²) in [7, 11) is 0. The molecule has 1 aliphatic heterocycles. The number of thioether (sulfide) groups is 1. The molecule has 4 rings (SSSR count). The van der Waals surface area contributed by atoms with Crippen molar-refractivity contribution in [3.8, 4) is 23.0 Å². The van der Waals surface area contributed by atoms with Crippen LogP contribution in [0.15, 0.2) is 46.0 Å². The third kappa shape index (κ3) is 4.35. The number of aromatic nitrogens is 2. The highest BCUT2D eigenvalue weighted by Crippen LogP contribution is 2.34. The maximum atomic E-state index is 12.1. The fourth-order valence-electron chi connectivity index (χ4n) is 2.46. The van der Waals surface area contributed by atoms with Gasteiger partial charge in [0.25, 0.3) is 5.22 Å². The highest BCUT2D eigenvalue weighted by molar-refractivity contribution is 7.99. The van der Waals surface area contributed by atoms with E-state index in [1.807, 2.05) is 6.07 Å². The van der Waals surface area contributed by atoms with Crippen molar-refractivity contribution in [2.24, 2.45) is 0 Å². The van der Waals surface area contributed by atoms with Crippen molar-refractivity contribution in [2.45, 2.75) is 5.22 Å². The number of carbonyl (C=O) groups is 1. The molecule has 28 heavy (non-hydrogen) atoms. The van der Waals surface area contributed by atoms with Gasteiger partial charge in [-0.2, -0.15) is 0 Å². The number of nitrogens with zero attached hydrogens (tertiary/aromatic N) is 2. The van der Waals surface area contributed by atoms with Gasteiger partial charge in [-0.3, -0.25) is 4.79 Å². The van der Waals surface area contributed by atoms with Crippen LogP contribution in [0.4, 0.5) is 5.69 Å². The Hall–Kier alpha value is -2.42. The van der Waals surface area contributed by atoms with Crippen LogP contribution in [0.3, 0.4) is 0 Å². The maximum absolute atomic E-state index is 12.1. The van der Waals surface area contributed by atoms with E-state index in [9.17, 15) is 4.79 Å². The Labute approximate surface area is 174 Å². The lowest BCUT2D eigenvalue weighted by Crippen LogP contribution is -2.15. The zero-order chi connectivity index (χ0) is 19.5. The molecule has 7 nitrogen and oxygen atoms in total. The molecule has 0 bridgehead atoms. The van der Waals surface area contributed by atoms with Crippen LogP contribution >= 0.6 is 35.0 Å². The number of fused-ring (bicyclic) bond motifs is 1. The van der Waals surface area contributed by atoms with Crippen LogP contribution in [0.2, 0.25) is 10.0 Å². The molecule has 0 aliphatic carbocycles. The lowest BCUT2D eigenvalue weighted by molar-refractivity contribution is -0.113. The molecule has 0 saturated heterocycles. The molecule has 2 aromatic carbocycles. The Morgan fingerprint density at radius 2 is 1.86 bits per heavy atom. The summed E-state index contributed by atoms with van der Waals surface area (Å²) in [6.45, 7) is 1.02. The molecule has 1 N–H and O–H groups in total. The average Bonchev–Trinajstić information content (AvgIpc) is 3.18. The van der Waals surface area contributed by atoms with E-state index in [0.717, 1.165) is 11.8 Å². The summed E-state index contributed by atoms with van der Waals surface area (Å²) in [5.74, 6) is 1.52. The molecule has 0 spiro atoms. The van der Waals surface area contributed by atoms with Gasteiger partial charge in [0, 0.05) is 11.3 Å². The Morgan fingerprint density at radius 3 is 2.68 bits per heavy atom. The first kappa shape index (κ1) is 18.9. The highest BCUT2D eigenvalue weighted by atomic mass is 35.5. The minimum atomic E-state index is -0.234. The summed E-state index contributed by atoms with van der Waals surface area (Å²) in [5, 5.41) is 11.8. The lowest BCUT2D eigenvalue weighted by Gasteiger charge is -2.18. The fourth-order valence-corrected chi connectivity index (χ4v) is 3.32. The minimum Gasteiger partial charge on any atom is -0.486 e. The summed E-state index contributed by atoms with van der Waals surface area (Å²) >= 11 is 12.9. The van der Waals surface area contributed by atoms with Gasteiger partial charge in [-0.1, -0.05) is 35.0 Å². The molecule has 0 atom stereocenters. The Balaban J connectivity index is 1.37. The third-order valence-corrected chi connectivity index (χ3v) is 5.28. The fraction of sp³-hybridized carbons (Fsp3) is 0.167. The smallest absolute Gasteiger partial charge is 0.277 e. The number of rotatable bonds is 5. The van der Waals surface area contributed by atoms with Gasteiger partial charge in [0.05, 0.1) is 15.8 Å². The molecule has 0 fully saturated rings. The molecule has 1 aromatic heterocycles. The summed E-state index contributed by atoms with van der Waals surface area (Å²) in [6, 6.07) is 10.3. The van der Waals surface area contributed by atoms with Crippen LogP contribution in [0.25, 0.3) is 11.5 Å². The van der Waals surface area contributed by atoms with Crippen LogP contribution in [0.1, 0.15) is 0 Å². The van der Waals surface area contributed by atoms with Crippen molar-refractivity contribution < 1.29 is 18.7 Å². The number of halogens is 2. The second kappa shape index (κ2) is 8.30. The van der Waals surface area contributed by atoms with E-state index in [1.165, 1.54) is 0 Å². The standard InChI is InChI=1S/C18H13Cl2N3O4S/c19-12-3-2-11(8-13(12)20)21-16(24)9-28-18-23-22-17(27-18)10-1-4-14-15(7-10)26-6-5-25-14/h1-4,7-8H,5-6,9H2,(H,21,24). The van der Waals surface area contributed by atoms with E-state index < -0.39 is 0 Å². The van der Waals surface area contributed by atoms with Gasteiger partial charge in [-0.05, 0) is 36.4 Å². The molecule has 0 unspecified atom stereocenters. The molecule has 0 saturated carbocycles. The first-order valence-electron chi connectivity index (χ1n) is 8.20. The van der Waals surface area contributed by atoms with Crippen molar-refractivity contribution in [1.29, 1.82) is 0 Å². The van der Waals surface area contributed by atoms with Crippen LogP contribution < -0.4 is 14.8 Å². The van der Waals surface area contributed by atoms with Crippen molar-refractivity contribution >= 4 is 46.6 Å². The molecule has 10 heteroatoms. The van der Waals surface area contributed by atoms with Crippen molar-refractivity contribution in [3.63, 3.8) is 0 Å². The summed E-state index contributed by atoms with van der Waals surface area (Å²) in [6.07, 6.45) is 0. The molecule has 2 heterocycles. The van der Waals surface area contributed by atoms with Gasteiger partial charge < -0.3 is 19.2 Å². The van der Waals surface area contributed by atoms with Crippen LogP contribution in [0.5, 0.6) is 11.5 Å². The first-order valence-corrected chi connectivity index (χ1v) is 9.94. The zero-order valence-corrected chi connectivity index (χ0v) is 16.6. The van der Waals surface area contributed by atoms with Gasteiger partial charge in [0.1, 0.15) is 13.2 Å². The molecule has 1 aliphatic rings. The van der Waals surface area contributed by atoms with Crippen LogP contribution in [-0.4, -0.2) is 35.1 Å². The molecule has 144 valence electrons. The summed E-state index contributed by atoms with van der Waals surface area (Å²) in [4.78, 5) is 12.1. The number of benzene rings is 2. The Kier molecular flexibility index (Phi) is 5.61. The molecular weight excluding hydrogens is 425 g/mol. The number of nitrogens with one attached hydrogen (secondary N) is 1. The van der Waals surface area contributed by atoms with E-state index in [4.69, 9.17) is 37.1 Å². The normalized spacial score (nSPS) is 12.6. The molecule has 3 aromatic rings. The second-order valence-corrected chi connectivity index (χ2v) is 7.44. The van der Waals surface area contributed by atoms with Crippen molar-refractivity contribution in [2.75, 3.05) is 24.3 Å². The van der Waals surface area contributed by atoms with E-state index in [0.29, 0.717) is 51.9 Å². The Bertz CT molecular complexity index is 1030. The van der Waals surface area contributed by atoms with Crippen molar-refractivity contribution in [3.05, 3.63) is 46.4 Å². The number of hydrogen-bond acceptors (Lipinski definition) is 7. The van der Waals surface area contributed by atoms with E-state index in [2.05, 4.69) is 15.5 Å². The van der Waals surface area contributed by atoms with Crippen LogP contribution in [0, 0.1) is 0 Å². The third-order valence-electron chi connectivity index (χ3n) is 3.73. The Morgan fingerprint density at radius 1 is 1.04 bits per heavy atom. The number of anilines is 1. The van der Waals surface area contributed by atoms with Gasteiger partial charge in [0.2, 0.25) is 11.8 Å². The van der Waals surface area contributed by atoms with Gasteiger partial charge in [0.15, 0.2) is 11.5 Å². The number of hydrogen-bond donors (Lipinski definition) is 1. The van der Waals surface area contributed by atoms with Gasteiger partial charge in [-0.15, -0.1) is 10.2 Å². The minimum absolute atomic E-state index is 0.100. The van der Waals surface area contributed by atoms with E-state index in [-0.39, 0.29) is 16.9 Å². The quantitative estimate of drug-likeness (QED) is 0.585. The summed E-state index contributed by atoms with van der Waals surface area (Å²) in [5.41, 5.74) is 1.27. The highest BCUT2D eigenvalue weighted by Gasteiger charge is 2.16. The molecule has 1 amide bonds. The van der Waals surface area contributed by atoms with Crippen LogP contribution in [-0.2, 0) is 4.79 Å². The largest absolute Gasteiger partial charge is 0.486 e. The number of carbonyl (C=O) groups excluding carboxylic acids is 1. The molecular formula is C18H13Cl2N3O4S. The maximum Gasteiger partial charge on any atom is 0.277 e. The lowest BCUT2D eigenvalue weighted by atomic mass is 10.2. The van der Waals surface area contributed by atoms with E-state index in [1.54, 1.807) is 30.3 Å². The average molecular weight is 438 g/mol. The monoisotopic (exact) mass is 437 g/mol. The predicted octanol–water partition coefficient (Wildman–Crippen LogP) is 4.55. The van der Waals surface area contributed by atoms with Gasteiger partial charge in [-0.25, -0.2) is 0 Å². The van der Waals surface area contributed by atoms with E-state index >= 15 is 0 Å².